The number of hydrogen-bond donors (Lipinski definition) is 2. The summed E-state index contributed by atoms with van der Waals surface area (Å²) in [5, 5.41) is 0. The number of nitrogens with one attached hydrogen (secondary N) is 1. The zero-order chi connectivity index (χ0) is 11.4. The first-order valence-corrected chi connectivity index (χ1v) is 4.71. The first-order valence-electron chi connectivity index (χ1n) is 4.71. The minimum absolute atomic E-state index is 0.0311. The van der Waals surface area contributed by atoms with Crippen LogP contribution < -0.4 is 11.4 Å². The first-order chi connectivity index (χ1) is 7.74. The number of nitrogen functional groups attached to an aromatic ring is 1. The van der Waals surface area contributed by atoms with Crippen molar-refractivity contribution in [1.29, 1.82) is 0 Å². The second-order valence-corrected chi connectivity index (χ2v) is 3.14. The summed E-state index contributed by atoms with van der Waals surface area (Å²) in [6, 6.07) is 9.67. The third kappa shape index (κ3) is 2.54. The maximum Gasteiger partial charge on any atom is 0.349 e. The van der Waals surface area contributed by atoms with Crippen molar-refractivity contribution in [3.05, 3.63) is 52.2 Å². The van der Waals surface area contributed by atoms with E-state index in [0.29, 0.717) is 5.82 Å². The topological polar surface area (TPSA) is 84.7 Å². The van der Waals surface area contributed by atoms with Gasteiger partial charge in [0, 0.05) is 0 Å². The Morgan fingerprint density at radius 1 is 1.12 bits per heavy atom. The molecule has 0 aliphatic carbocycles. The second kappa shape index (κ2) is 4.39. The van der Waals surface area contributed by atoms with E-state index in [1.165, 1.54) is 0 Å². The maximum absolute atomic E-state index is 11.0. The summed E-state index contributed by atoms with van der Waals surface area (Å²) in [6.45, 7) is 0. The molecule has 5 nitrogen and oxygen atoms in total. The largest absolute Gasteiger partial charge is 0.368 e. The van der Waals surface area contributed by atoms with Crippen LogP contribution in [0, 0.1) is 0 Å². The van der Waals surface area contributed by atoms with Crippen molar-refractivity contribution in [2.75, 3.05) is 5.73 Å². The van der Waals surface area contributed by atoms with Crippen molar-refractivity contribution in [2.45, 2.75) is 0 Å². The molecule has 2 rings (SSSR count). The van der Waals surface area contributed by atoms with Gasteiger partial charge >= 0.3 is 5.69 Å². The number of H-pyrrole nitrogens is 1. The molecule has 1 aromatic heterocycles. The summed E-state index contributed by atoms with van der Waals surface area (Å²) < 4.78 is 0. The fourth-order valence-corrected chi connectivity index (χ4v) is 1.24. The summed E-state index contributed by atoms with van der Waals surface area (Å²) >= 11 is 0. The lowest BCUT2D eigenvalue weighted by atomic mass is 10.2. The molecule has 80 valence electrons. The van der Waals surface area contributed by atoms with Crippen LogP contribution in [-0.2, 0) is 0 Å². The van der Waals surface area contributed by atoms with Gasteiger partial charge in [-0.2, -0.15) is 9.97 Å². The molecule has 3 N–H and O–H groups in total. The van der Waals surface area contributed by atoms with E-state index >= 15 is 0 Å². The van der Waals surface area contributed by atoms with Crippen LogP contribution in [0.5, 0.6) is 0 Å². The van der Waals surface area contributed by atoms with Crippen LogP contribution in [0.1, 0.15) is 11.4 Å². The molecule has 1 aromatic carbocycles. The lowest BCUT2D eigenvalue weighted by Crippen LogP contribution is -2.15. The highest BCUT2D eigenvalue weighted by Gasteiger charge is 1.94. The van der Waals surface area contributed by atoms with Gasteiger partial charge in [0.1, 0.15) is 5.82 Å². The Labute approximate surface area is 91.7 Å². The van der Waals surface area contributed by atoms with E-state index in [0.717, 1.165) is 5.56 Å². The molecule has 2 aromatic rings. The van der Waals surface area contributed by atoms with Gasteiger partial charge in [0.05, 0.1) is 0 Å². The summed E-state index contributed by atoms with van der Waals surface area (Å²) in [6.07, 6.45) is 3.51. The molecule has 0 bridgehead atoms. The van der Waals surface area contributed by atoms with Crippen molar-refractivity contribution < 1.29 is 0 Å². The predicted octanol–water partition coefficient (Wildman–Crippen LogP) is 0.917. The van der Waals surface area contributed by atoms with Gasteiger partial charge in [0.2, 0.25) is 5.95 Å². The molecule has 0 unspecified atom stereocenters. The van der Waals surface area contributed by atoms with Crippen molar-refractivity contribution in [1.82, 2.24) is 15.0 Å². The van der Waals surface area contributed by atoms with E-state index in [2.05, 4.69) is 15.0 Å². The second-order valence-electron chi connectivity index (χ2n) is 3.14. The Morgan fingerprint density at radius 2 is 1.88 bits per heavy atom. The van der Waals surface area contributed by atoms with E-state index in [9.17, 15) is 4.79 Å². The Balaban J connectivity index is 2.27. The van der Waals surface area contributed by atoms with Crippen LogP contribution in [0.3, 0.4) is 0 Å². The van der Waals surface area contributed by atoms with Crippen molar-refractivity contribution >= 4 is 18.1 Å². The summed E-state index contributed by atoms with van der Waals surface area (Å²) in [5.41, 5.74) is 5.87. The fourth-order valence-electron chi connectivity index (χ4n) is 1.24. The van der Waals surface area contributed by atoms with Crippen molar-refractivity contribution in [3.63, 3.8) is 0 Å². The first kappa shape index (κ1) is 10.1. The Kier molecular flexibility index (Phi) is 2.77. The highest BCUT2D eigenvalue weighted by Crippen LogP contribution is 2.03. The molecule has 0 saturated heterocycles. The van der Waals surface area contributed by atoms with Gasteiger partial charge in [0.25, 0.3) is 0 Å². The zero-order valence-electron chi connectivity index (χ0n) is 8.42. The van der Waals surface area contributed by atoms with Gasteiger partial charge in [-0.05, 0) is 11.6 Å². The quantitative estimate of drug-likeness (QED) is 0.778. The van der Waals surface area contributed by atoms with Crippen LogP contribution in [-0.4, -0.2) is 15.0 Å². The molecule has 5 heteroatoms. The molecular formula is C11H10N4O. The highest BCUT2D eigenvalue weighted by molar-refractivity contribution is 5.66. The summed E-state index contributed by atoms with van der Waals surface area (Å²) in [4.78, 5) is 20.8. The fraction of sp³-hybridized carbons (Fsp3) is 0. The molecule has 0 spiro atoms. The van der Waals surface area contributed by atoms with Gasteiger partial charge in [-0.1, -0.05) is 36.4 Å². The van der Waals surface area contributed by atoms with E-state index in [1.807, 2.05) is 36.4 Å². The minimum atomic E-state index is -0.500. The molecule has 16 heavy (non-hydrogen) atoms. The summed E-state index contributed by atoms with van der Waals surface area (Å²) in [7, 11) is 0. The SMILES string of the molecule is Nc1nc(/C=C/c2ccccc2)[nH]c(=O)n1. The predicted molar refractivity (Wildman–Crippen MR) is 62.4 cm³/mol. The number of nitrogens with zero attached hydrogens (tertiary/aromatic N) is 2. The van der Waals surface area contributed by atoms with Gasteiger partial charge in [0.15, 0.2) is 0 Å². The lowest BCUT2D eigenvalue weighted by Gasteiger charge is -1.94. The zero-order valence-corrected chi connectivity index (χ0v) is 8.42. The number of hydrogen-bond acceptors (Lipinski definition) is 4. The van der Waals surface area contributed by atoms with E-state index < -0.39 is 5.69 Å². The molecule has 0 aliphatic heterocycles. The van der Waals surface area contributed by atoms with Gasteiger partial charge in [-0.3, -0.25) is 4.98 Å². The van der Waals surface area contributed by atoms with Crippen LogP contribution >= 0.6 is 0 Å². The van der Waals surface area contributed by atoms with Gasteiger partial charge < -0.3 is 5.73 Å². The molecule has 0 saturated carbocycles. The summed E-state index contributed by atoms with van der Waals surface area (Å²) in [5.74, 6) is 0.359. The molecule has 1 heterocycles. The third-order valence-corrected chi connectivity index (χ3v) is 1.92. The van der Waals surface area contributed by atoms with Crippen LogP contribution in [0.4, 0.5) is 5.95 Å². The average Bonchev–Trinajstić information content (AvgIpc) is 2.27. The number of aromatic amines is 1. The van der Waals surface area contributed by atoms with Crippen molar-refractivity contribution in [3.8, 4) is 0 Å². The highest BCUT2D eigenvalue weighted by atomic mass is 16.1. The van der Waals surface area contributed by atoms with Crippen LogP contribution in [0.15, 0.2) is 35.1 Å². The van der Waals surface area contributed by atoms with Gasteiger partial charge in [-0.15, -0.1) is 0 Å². The Morgan fingerprint density at radius 3 is 2.56 bits per heavy atom. The molecule has 0 radical (unpaired) electrons. The number of benzene rings is 1. The molecular weight excluding hydrogens is 204 g/mol. The standard InChI is InChI=1S/C11H10N4O/c12-10-13-9(14-11(16)15-10)7-6-8-4-2-1-3-5-8/h1-7H,(H3,12,13,14,15,16)/b7-6+. The smallest absolute Gasteiger partial charge is 0.349 e. The van der Waals surface area contributed by atoms with Crippen LogP contribution in [0.25, 0.3) is 12.2 Å². The average molecular weight is 214 g/mol. The van der Waals surface area contributed by atoms with E-state index in [4.69, 9.17) is 5.73 Å². The lowest BCUT2D eigenvalue weighted by molar-refractivity contribution is 0.984. The number of anilines is 1. The Bertz CT molecular complexity index is 560. The van der Waals surface area contributed by atoms with Crippen LogP contribution in [0.2, 0.25) is 0 Å². The molecule has 0 aliphatic rings. The van der Waals surface area contributed by atoms with E-state index in [-0.39, 0.29) is 5.95 Å². The van der Waals surface area contributed by atoms with E-state index in [1.54, 1.807) is 6.08 Å². The number of nitrogens with two attached hydrogens (primary N) is 1. The number of aromatic nitrogens is 3. The van der Waals surface area contributed by atoms with Crippen molar-refractivity contribution in [2.24, 2.45) is 0 Å². The molecule has 0 fully saturated rings. The Hall–Kier alpha value is -2.43. The third-order valence-electron chi connectivity index (χ3n) is 1.92. The molecule has 0 amide bonds. The number of rotatable bonds is 2. The molecule has 0 atom stereocenters. The minimum Gasteiger partial charge on any atom is -0.368 e. The van der Waals surface area contributed by atoms with Gasteiger partial charge in [-0.25, -0.2) is 4.79 Å². The normalized spacial score (nSPS) is 10.8. The maximum atomic E-state index is 11.0. The monoisotopic (exact) mass is 214 g/mol.